The highest BCUT2D eigenvalue weighted by Gasteiger charge is 2.37. The van der Waals surface area contributed by atoms with E-state index in [1.54, 1.807) is 36.4 Å². The first kappa shape index (κ1) is 30.7. The molecule has 3 amide bonds. The second-order valence-corrected chi connectivity index (χ2v) is 12.6. The molecular weight excluding hydrogens is 560 g/mol. The first-order chi connectivity index (χ1) is 19.8. The number of benzene rings is 3. The maximum Gasteiger partial charge on any atom is 0.320 e. The molecule has 0 saturated heterocycles. The first-order valence-corrected chi connectivity index (χ1v) is 15.4. The molecule has 0 fully saturated rings. The molecule has 4 rings (SSSR count). The Morgan fingerprint density at radius 1 is 0.905 bits per heavy atom. The van der Waals surface area contributed by atoms with Crippen LogP contribution in [0.4, 0.5) is 5.69 Å². The summed E-state index contributed by atoms with van der Waals surface area (Å²) in [6.45, 7) is 3.84. The van der Waals surface area contributed by atoms with Gasteiger partial charge in [-0.05, 0) is 59.4 Å². The van der Waals surface area contributed by atoms with Crippen LogP contribution in [0.3, 0.4) is 0 Å². The van der Waals surface area contributed by atoms with Crippen LogP contribution in [0, 0.1) is 5.92 Å². The topological polar surface area (TPSA) is 162 Å². The van der Waals surface area contributed by atoms with Gasteiger partial charge in [-0.3, -0.25) is 34.1 Å². The molecule has 0 spiro atoms. The lowest BCUT2D eigenvalue weighted by atomic mass is 10.0. The van der Waals surface area contributed by atoms with Crippen molar-refractivity contribution < 1.29 is 32.7 Å². The minimum absolute atomic E-state index is 0.0643. The molecule has 3 aromatic carbocycles. The maximum absolute atomic E-state index is 13.1. The number of aliphatic carboxylic acids is 1. The van der Waals surface area contributed by atoms with E-state index in [0.29, 0.717) is 12.1 Å². The van der Waals surface area contributed by atoms with Gasteiger partial charge in [0.25, 0.3) is 11.8 Å². The molecule has 0 saturated carbocycles. The van der Waals surface area contributed by atoms with Crippen molar-refractivity contribution in [1.29, 1.82) is 0 Å². The molecule has 1 aliphatic rings. The summed E-state index contributed by atoms with van der Waals surface area (Å²) >= 11 is 0. The number of amides is 3. The number of anilines is 1. The third-order valence-electron chi connectivity index (χ3n) is 6.93. The van der Waals surface area contributed by atoms with E-state index in [2.05, 4.69) is 15.4 Å². The smallest absolute Gasteiger partial charge is 0.320 e. The molecule has 3 aromatic rings. The van der Waals surface area contributed by atoms with E-state index < -0.39 is 45.8 Å². The van der Waals surface area contributed by atoms with Gasteiger partial charge in [0.05, 0.1) is 23.4 Å². The van der Waals surface area contributed by atoms with Crippen LogP contribution < -0.4 is 15.4 Å². The molecule has 11 nitrogen and oxygen atoms in total. The molecule has 1 aliphatic heterocycles. The Morgan fingerprint density at radius 2 is 1.48 bits per heavy atom. The van der Waals surface area contributed by atoms with Crippen LogP contribution in [0.5, 0.6) is 0 Å². The molecule has 42 heavy (non-hydrogen) atoms. The van der Waals surface area contributed by atoms with Gasteiger partial charge in [0, 0.05) is 18.8 Å². The minimum atomic E-state index is -3.41. The standard InChI is InChI=1S/C30H34N4O7S/c1-18(2)14-26(27(35)31-17-19-8-10-22(11-9-19)33-42(3,40)41)32-25(30(38)39)12-13-34-28(36)23-15-20-6-4-5-7-21(20)16-24(23)29(34)37/h4-11,15-16,18,25-26,32-33H,12-14,17H2,1-3H3,(H,31,35)(H,38,39)/t25?,26-/m1/s1. The number of carbonyl (C=O) groups is 4. The molecule has 1 unspecified atom stereocenters. The fraction of sp³-hybridized carbons (Fsp3) is 0.333. The van der Waals surface area contributed by atoms with Crippen molar-refractivity contribution >= 4 is 50.2 Å². The van der Waals surface area contributed by atoms with Crippen LogP contribution in [-0.4, -0.2) is 67.0 Å². The van der Waals surface area contributed by atoms with Crippen LogP contribution in [-0.2, 0) is 26.2 Å². The van der Waals surface area contributed by atoms with E-state index in [-0.39, 0.29) is 36.6 Å². The highest BCUT2D eigenvalue weighted by Crippen LogP contribution is 2.28. The first-order valence-electron chi connectivity index (χ1n) is 13.5. The van der Waals surface area contributed by atoms with Crippen molar-refractivity contribution in [3.63, 3.8) is 0 Å². The van der Waals surface area contributed by atoms with Gasteiger partial charge in [0.1, 0.15) is 6.04 Å². The maximum atomic E-state index is 13.1. The SMILES string of the molecule is CC(C)C[C@@H](NC(CCN1C(=O)c2cc3ccccc3cc2C1=O)C(=O)O)C(=O)NCc1ccc(NS(C)(=O)=O)cc1. The summed E-state index contributed by atoms with van der Waals surface area (Å²) in [4.78, 5) is 52.5. The summed E-state index contributed by atoms with van der Waals surface area (Å²) in [6, 6.07) is 15.2. The number of hydrogen-bond donors (Lipinski definition) is 4. The van der Waals surface area contributed by atoms with E-state index in [9.17, 15) is 32.7 Å². The number of hydrogen-bond acceptors (Lipinski definition) is 7. The molecule has 0 aromatic heterocycles. The van der Waals surface area contributed by atoms with E-state index >= 15 is 0 Å². The normalized spacial score (nSPS) is 14.6. The summed E-state index contributed by atoms with van der Waals surface area (Å²) in [5.41, 5.74) is 1.69. The Balaban J connectivity index is 1.40. The average Bonchev–Trinajstić information content (AvgIpc) is 3.15. The molecule has 222 valence electrons. The van der Waals surface area contributed by atoms with Crippen molar-refractivity contribution in [3.05, 3.63) is 77.4 Å². The molecule has 2 atom stereocenters. The minimum Gasteiger partial charge on any atom is -0.480 e. The summed E-state index contributed by atoms with van der Waals surface area (Å²) in [5.74, 6) is -2.48. The zero-order chi connectivity index (χ0) is 30.6. The van der Waals surface area contributed by atoms with Gasteiger partial charge in [-0.25, -0.2) is 8.42 Å². The van der Waals surface area contributed by atoms with Gasteiger partial charge >= 0.3 is 5.97 Å². The molecule has 0 radical (unpaired) electrons. The monoisotopic (exact) mass is 594 g/mol. The van der Waals surface area contributed by atoms with Crippen molar-refractivity contribution in [2.45, 2.75) is 45.3 Å². The lowest BCUT2D eigenvalue weighted by Crippen LogP contribution is -2.52. The fourth-order valence-electron chi connectivity index (χ4n) is 4.90. The Labute approximate surface area is 244 Å². The number of imide groups is 1. The third-order valence-corrected chi connectivity index (χ3v) is 7.53. The molecule has 0 aliphatic carbocycles. The third kappa shape index (κ3) is 7.51. The lowest BCUT2D eigenvalue weighted by molar-refractivity contribution is -0.140. The van der Waals surface area contributed by atoms with Gasteiger partial charge in [-0.15, -0.1) is 0 Å². The summed E-state index contributed by atoms with van der Waals surface area (Å²) in [7, 11) is -3.41. The molecule has 1 heterocycles. The van der Waals surface area contributed by atoms with Crippen molar-refractivity contribution in [1.82, 2.24) is 15.5 Å². The van der Waals surface area contributed by atoms with Crippen LogP contribution in [0.1, 0.15) is 53.0 Å². The Morgan fingerprint density at radius 3 is 1.98 bits per heavy atom. The second-order valence-electron chi connectivity index (χ2n) is 10.8. The summed E-state index contributed by atoms with van der Waals surface area (Å²) in [5, 5.41) is 17.3. The molecular formula is C30H34N4O7S. The summed E-state index contributed by atoms with van der Waals surface area (Å²) < 4.78 is 25.2. The highest BCUT2D eigenvalue weighted by atomic mass is 32.2. The largest absolute Gasteiger partial charge is 0.480 e. The van der Waals surface area contributed by atoms with Crippen molar-refractivity contribution in [2.75, 3.05) is 17.5 Å². The predicted molar refractivity (Wildman–Crippen MR) is 158 cm³/mol. The average molecular weight is 595 g/mol. The van der Waals surface area contributed by atoms with Crippen LogP contribution in [0.25, 0.3) is 10.8 Å². The van der Waals surface area contributed by atoms with Crippen LogP contribution in [0.15, 0.2) is 60.7 Å². The highest BCUT2D eigenvalue weighted by molar-refractivity contribution is 7.92. The molecule has 12 heteroatoms. The number of carbonyl (C=O) groups excluding carboxylic acids is 3. The van der Waals surface area contributed by atoms with Gasteiger partial charge in [-0.1, -0.05) is 50.2 Å². The van der Waals surface area contributed by atoms with Crippen molar-refractivity contribution in [2.24, 2.45) is 5.92 Å². The predicted octanol–water partition coefficient (Wildman–Crippen LogP) is 2.97. The number of carboxylic acids is 1. The number of nitrogens with one attached hydrogen (secondary N) is 3. The second kappa shape index (κ2) is 12.7. The van der Waals surface area contributed by atoms with Gasteiger partial charge in [0.2, 0.25) is 15.9 Å². The molecule has 4 N–H and O–H groups in total. The number of rotatable bonds is 13. The van der Waals surface area contributed by atoms with E-state index in [0.717, 1.165) is 27.5 Å². The fourth-order valence-corrected chi connectivity index (χ4v) is 5.46. The van der Waals surface area contributed by atoms with Gasteiger partial charge < -0.3 is 10.4 Å². The zero-order valence-electron chi connectivity index (χ0n) is 23.6. The zero-order valence-corrected chi connectivity index (χ0v) is 24.4. The lowest BCUT2D eigenvalue weighted by Gasteiger charge is -2.25. The van der Waals surface area contributed by atoms with Gasteiger partial charge in [-0.2, -0.15) is 0 Å². The Hall–Kier alpha value is -4.29. The number of nitrogens with zero attached hydrogens (tertiary/aromatic N) is 1. The number of fused-ring (bicyclic) bond motifs is 2. The summed E-state index contributed by atoms with van der Waals surface area (Å²) in [6.07, 6.45) is 1.32. The van der Waals surface area contributed by atoms with E-state index in [4.69, 9.17) is 0 Å². The Kier molecular flexibility index (Phi) is 9.27. The number of sulfonamides is 1. The number of carboxylic acid groups (broad SMARTS) is 1. The van der Waals surface area contributed by atoms with Gasteiger partial charge in [0.15, 0.2) is 0 Å². The van der Waals surface area contributed by atoms with Crippen LogP contribution >= 0.6 is 0 Å². The van der Waals surface area contributed by atoms with Crippen LogP contribution in [0.2, 0.25) is 0 Å². The Bertz CT molecular complexity index is 1570. The van der Waals surface area contributed by atoms with E-state index in [1.165, 1.54) is 0 Å². The van der Waals surface area contributed by atoms with E-state index in [1.807, 2.05) is 38.1 Å². The van der Waals surface area contributed by atoms with Crippen molar-refractivity contribution in [3.8, 4) is 0 Å². The molecule has 0 bridgehead atoms. The quantitative estimate of drug-likeness (QED) is 0.220.